The molecule has 0 aromatic heterocycles. The van der Waals surface area contributed by atoms with Gasteiger partial charge in [-0.2, -0.15) is 0 Å². The predicted molar refractivity (Wildman–Crippen MR) is 59.8 cm³/mol. The van der Waals surface area contributed by atoms with Crippen LogP contribution in [0, 0.1) is 5.41 Å². The van der Waals surface area contributed by atoms with Crippen LogP contribution >= 0.6 is 0 Å². The lowest BCUT2D eigenvalue weighted by Gasteiger charge is -2.27. The molecule has 1 aliphatic rings. The summed E-state index contributed by atoms with van der Waals surface area (Å²) in [6, 6.07) is 0. The van der Waals surface area contributed by atoms with Gasteiger partial charge in [0.25, 0.3) is 0 Å². The molecule has 0 aliphatic heterocycles. The molecule has 0 heterocycles. The van der Waals surface area contributed by atoms with Crippen molar-refractivity contribution in [2.75, 3.05) is 0 Å². The zero-order chi connectivity index (χ0) is 9.73. The molecule has 0 fully saturated rings. The van der Waals surface area contributed by atoms with E-state index in [0.717, 1.165) is 0 Å². The Hall–Kier alpha value is -0.520. The molecule has 74 valence electrons. The van der Waals surface area contributed by atoms with Crippen LogP contribution in [0.5, 0.6) is 0 Å². The molecule has 0 spiro atoms. The van der Waals surface area contributed by atoms with Gasteiger partial charge in [-0.15, -0.1) is 0 Å². The van der Waals surface area contributed by atoms with E-state index in [0.29, 0.717) is 5.41 Å². The van der Waals surface area contributed by atoms with Gasteiger partial charge in [-0.25, -0.2) is 0 Å². The van der Waals surface area contributed by atoms with Gasteiger partial charge in [-0.05, 0) is 24.7 Å². The first-order valence-corrected chi connectivity index (χ1v) is 5.56. The van der Waals surface area contributed by atoms with E-state index in [1.807, 2.05) is 0 Å². The highest BCUT2D eigenvalue weighted by Crippen LogP contribution is 2.34. The Balaban J connectivity index is 2.55. The predicted octanol–water partition coefficient (Wildman–Crippen LogP) is 4.48. The molecule has 0 amide bonds. The summed E-state index contributed by atoms with van der Waals surface area (Å²) in [4.78, 5) is 0. The van der Waals surface area contributed by atoms with E-state index in [-0.39, 0.29) is 0 Å². The Morgan fingerprint density at radius 1 is 1.23 bits per heavy atom. The molecule has 0 aromatic carbocycles. The molecule has 13 heavy (non-hydrogen) atoms. The van der Waals surface area contributed by atoms with Crippen molar-refractivity contribution in [2.24, 2.45) is 5.41 Å². The van der Waals surface area contributed by atoms with Crippen LogP contribution in [0.3, 0.4) is 0 Å². The minimum absolute atomic E-state index is 0.521. The van der Waals surface area contributed by atoms with Crippen LogP contribution in [-0.2, 0) is 0 Å². The van der Waals surface area contributed by atoms with Crippen LogP contribution in [0.2, 0.25) is 0 Å². The van der Waals surface area contributed by atoms with Gasteiger partial charge in [-0.3, -0.25) is 0 Å². The Bertz CT molecular complexity index is 204. The van der Waals surface area contributed by atoms with Crippen molar-refractivity contribution in [3.63, 3.8) is 0 Å². The molecule has 0 heteroatoms. The number of allylic oxidation sites excluding steroid dienone is 4. The molecular formula is C13H22. The number of hydrogen-bond acceptors (Lipinski definition) is 0. The van der Waals surface area contributed by atoms with Crippen LogP contribution in [0.25, 0.3) is 0 Å². The zero-order valence-corrected chi connectivity index (χ0v) is 9.27. The fraction of sp³-hybridized carbons (Fsp3) is 0.692. The third-order valence-corrected chi connectivity index (χ3v) is 3.41. The van der Waals surface area contributed by atoms with E-state index >= 15 is 0 Å². The van der Waals surface area contributed by atoms with Gasteiger partial charge >= 0.3 is 0 Å². The van der Waals surface area contributed by atoms with Crippen molar-refractivity contribution >= 4 is 0 Å². The lowest BCUT2D eigenvalue weighted by atomic mass is 9.78. The van der Waals surface area contributed by atoms with Crippen molar-refractivity contribution in [1.29, 1.82) is 0 Å². The molecular weight excluding hydrogens is 156 g/mol. The summed E-state index contributed by atoms with van der Waals surface area (Å²) in [6.07, 6.45) is 13.3. The quantitative estimate of drug-likeness (QED) is 0.595. The zero-order valence-electron chi connectivity index (χ0n) is 9.27. The summed E-state index contributed by atoms with van der Waals surface area (Å²) in [5.74, 6) is 0. The first kappa shape index (κ1) is 10.6. The second-order valence-corrected chi connectivity index (χ2v) is 4.45. The minimum Gasteiger partial charge on any atom is -0.0840 e. The van der Waals surface area contributed by atoms with Gasteiger partial charge in [0.05, 0.1) is 0 Å². The molecule has 1 aliphatic carbocycles. The van der Waals surface area contributed by atoms with Gasteiger partial charge in [-0.1, -0.05) is 57.4 Å². The van der Waals surface area contributed by atoms with Gasteiger partial charge in [0.1, 0.15) is 0 Å². The second-order valence-electron chi connectivity index (χ2n) is 4.45. The van der Waals surface area contributed by atoms with Crippen molar-refractivity contribution in [3.8, 4) is 0 Å². The Kier molecular flexibility index (Phi) is 3.77. The maximum Gasteiger partial charge on any atom is -0.0228 e. The maximum atomic E-state index is 2.41. The van der Waals surface area contributed by atoms with Crippen molar-refractivity contribution < 1.29 is 0 Å². The summed E-state index contributed by atoms with van der Waals surface area (Å²) in [6.45, 7) is 7.00. The van der Waals surface area contributed by atoms with E-state index in [1.54, 1.807) is 5.57 Å². The lowest BCUT2D eigenvalue weighted by molar-refractivity contribution is 0.297. The van der Waals surface area contributed by atoms with Crippen molar-refractivity contribution in [3.05, 3.63) is 23.8 Å². The molecule has 0 atom stereocenters. The smallest absolute Gasteiger partial charge is 0.0228 e. The molecule has 0 radical (unpaired) electrons. The molecule has 0 nitrogen and oxygen atoms in total. The molecule has 0 saturated carbocycles. The van der Waals surface area contributed by atoms with E-state index in [1.165, 1.54) is 32.1 Å². The molecule has 0 N–H and O–H groups in total. The summed E-state index contributed by atoms with van der Waals surface area (Å²) < 4.78 is 0. The average Bonchev–Trinajstić information content (AvgIpc) is 2.19. The third-order valence-electron chi connectivity index (χ3n) is 3.41. The maximum absolute atomic E-state index is 2.41. The molecule has 0 bridgehead atoms. The van der Waals surface area contributed by atoms with Gasteiger partial charge in [0.15, 0.2) is 0 Å². The fourth-order valence-corrected chi connectivity index (χ4v) is 1.79. The Morgan fingerprint density at radius 2 is 1.92 bits per heavy atom. The first-order chi connectivity index (χ1) is 6.20. The summed E-state index contributed by atoms with van der Waals surface area (Å²) in [7, 11) is 0. The van der Waals surface area contributed by atoms with Crippen molar-refractivity contribution in [2.45, 2.75) is 52.9 Å². The number of hydrogen-bond donors (Lipinski definition) is 0. The molecule has 0 aromatic rings. The largest absolute Gasteiger partial charge is 0.0840 e. The van der Waals surface area contributed by atoms with Crippen LogP contribution in [-0.4, -0.2) is 0 Å². The normalized spacial score (nSPS) is 17.3. The summed E-state index contributed by atoms with van der Waals surface area (Å²) in [5, 5.41) is 0. The lowest BCUT2D eigenvalue weighted by Crippen LogP contribution is -2.14. The minimum atomic E-state index is 0.521. The highest BCUT2D eigenvalue weighted by atomic mass is 14.3. The highest BCUT2D eigenvalue weighted by Gasteiger charge is 2.20. The number of rotatable bonds is 4. The molecule has 0 unspecified atom stereocenters. The van der Waals surface area contributed by atoms with Gasteiger partial charge in [0, 0.05) is 0 Å². The Morgan fingerprint density at radius 3 is 2.38 bits per heavy atom. The van der Waals surface area contributed by atoms with E-state index in [9.17, 15) is 0 Å². The standard InChI is InChI=1S/C13H22/c1-4-13(3,5-2)11-12-9-7-6-8-10-12/h7,9-10H,4-6,8,11H2,1-3H3. The highest BCUT2D eigenvalue weighted by molar-refractivity contribution is 5.23. The molecule has 1 rings (SSSR count). The van der Waals surface area contributed by atoms with Crippen LogP contribution in [0.4, 0.5) is 0 Å². The molecule has 0 saturated heterocycles. The van der Waals surface area contributed by atoms with Gasteiger partial charge in [0.2, 0.25) is 0 Å². The third kappa shape index (κ3) is 3.02. The van der Waals surface area contributed by atoms with Gasteiger partial charge < -0.3 is 0 Å². The Labute approximate surface area is 82.7 Å². The first-order valence-electron chi connectivity index (χ1n) is 5.56. The van der Waals surface area contributed by atoms with Crippen LogP contribution in [0.1, 0.15) is 52.9 Å². The SMILES string of the molecule is CCC(C)(CC)CC1=CCCC=C1. The summed E-state index contributed by atoms with van der Waals surface area (Å²) >= 11 is 0. The van der Waals surface area contributed by atoms with E-state index in [4.69, 9.17) is 0 Å². The van der Waals surface area contributed by atoms with E-state index < -0.39 is 0 Å². The second kappa shape index (κ2) is 4.64. The van der Waals surface area contributed by atoms with E-state index in [2.05, 4.69) is 39.0 Å². The topological polar surface area (TPSA) is 0 Å². The van der Waals surface area contributed by atoms with Crippen LogP contribution < -0.4 is 0 Å². The van der Waals surface area contributed by atoms with Crippen LogP contribution in [0.15, 0.2) is 23.8 Å². The van der Waals surface area contributed by atoms with Crippen molar-refractivity contribution in [1.82, 2.24) is 0 Å². The fourth-order valence-electron chi connectivity index (χ4n) is 1.79. The average molecular weight is 178 g/mol. The summed E-state index contributed by atoms with van der Waals surface area (Å²) in [5.41, 5.74) is 2.07. The monoisotopic (exact) mass is 178 g/mol.